The molecule has 1 unspecified atom stereocenters. The lowest BCUT2D eigenvalue weighted by Crippen LogP contribution is -2.13. The van der Waals surface area contributed by atoms with Crippen LogP contribution in [-0.4, -0.2) is 18.2 Å². The first-order valence-corrected chi connectivity index (χ1v) is 13.0. The molecule has 35 heavy (non-hydrogen) atoms. The van der Waals surface area contributed by atoms with Crippen LogP contribution in [0.15, 0.2) is 65.8 Å². The first-order chi connectivity index (χ1) is 16.8. The summed E-state index contributed by atoms with van der Waals surface area (Å²) in [6.07, 6.45) is 8.44. The number of ether oxygens (including phenoxy) is 1. The standard InChI is InChI=1S/C32H40O3/c1-6-32-26(11-15-29(33)20-28-19-23(4)7-8-24(28)5)9-10-27(32)12-16-30(34)21-35-31-17-13-25(14-18-31)22(2)3/h7-10,13-14,17-19,22,32H,6,11-12,15-16,20-21H2,1-5H3. The van der Waals surface area contributed by atoms with E-state index in [1.807, 2.05) is 12.1 Å². The number of carbonyl (C=O) groups is 2. The molecule has 3 rings (SSSR count). The van der Waals surface area contributed by atoms with Crippen molar-refractivity contribution in [1.82, 2.24) is 0 Å². The molecule has 3 nitrogen and oxygen atoms in total. The summed E-state index contributed by atoms with van der Waals surface area (Å²) < 4.78 is 5.70. The van der Waals surface area contributed by atoms with Gasteiger partial charge < -0.3 is 4.74 Å². The molecule has 1 aliphatic rings. The van der Waals surface area contributed by atoms with Gasteiger partial charge in [0.05, 0.1) is 0 Å². The smallest absolute Gasteiger partial charge is 0.170 e. The maximum Gasteiger partial charge on any atom is 0.170 e. The highest BCUT2D eigenvalue weighted by molar-refractivity contribution is 5.81. The van der Waals surface area contributed by atoms with Crippen molar-refractivity contribution >= 4 is 11.6 Å². The second-order valence-electron chi connectivity index (χ2n) is 10.1. The molecular formula is C32H40O3. The van der Waals surface area contributed by atoms with Gasteiger partial charge in [-0.15, -0.1) is 0 Å². The number of Topliss-reactive ketones (excluding diaryl/α,β-unsaturated/α-hetero) is 2. The van der Waals surface area contributed by atoms with Crippen molar-refractivity contribution in [2.45, 2.75) is 79.1 Å². The molecule has 0 saturated heterocycles. The zero-order valence-corrected chi connectivity index (χ0v) is 22.0. The van der Waals surface area contributed by atoms with Gasteiger partial charge in [0, 0.05) is 25.2 Å². The SMILES string of the molecule is CCC1C(CCC(=O)COc2ccc(C(C)C)cc2)=CC=C1CCC(=O)Cc1cc(C)ccc1C. The number of allylic oxidation sites excluding steroid dienone is 4. The lowest BCUT2D eigenvalue weighted by Gasteiger charge is -2.18. The Balaban J connectivity index is 1.42. The highest BCUT2D eigenvalue weighted by atomic mass is 16.5. The zero-order valence-electron chi connectivity index (χ0n) is 22.0. The largest absolute Gasteiger partial charge is 0.486 e. The van der Waals surface area contributed by atoms with Crippen LogP contribution >= 0.6 is 0 Å². The average molecular weight is 473 g/mol. The normalized spacial score (nSPS) is 15.2. The van der Waals surface area contributed by atoms with E-state index in [0.717, 1.165) is 30.6 Å². The van der Waals surface area contributed by atoms with Gasteiger partial charge in [0.15, 0.2) is 5.78 Å². The molecule has 0 radical (unpaired) electrons. The molecule has 0 heterocycles. The van der Waals surface area contributed by atoms with Crippen molar-refractivity contribution in [1.29, 1.82) is 0 Å². The van der Waals surface area contributed by atoms with E-state index >= 15 is 0 Å². The first kappa shape index (κ1) is 26.7. The van der Waals surface area contributed by atoms with Crippen LogP contribution in [0.25, 0.3) is 0 Å². The van der Waals surface area contributed by atoms with E-state index in [1.54, 1.807) is 0 Å². The van der Waals surface area contributed by atoms with Crippen LogP contribution in [0, 0.1) is 19.8 Å². The second kappa shape index (κ2) is 12.7. The number of ketones is 2. The van der Waals surface area contributed by atoms with Gasteiger partial charge in [-0.05, 0) is 67.9 Å². The molecule has 0 bridgehead atoms. The van der Waals surface area contributed by atoms with Crippen LogP contribution in [0.5, 0.6) is 5.75 Å². The van der Waals surface area contributed by atoms with Crippen LogP contribution in [-0.2, 0) is 16.0 Å². The van der Waals surface area contributed by atoms with E-state index in [9.17, 15) is 9.59 Å². The van der Waals surface area contributed by atoms with Crippen molar-refractivity contribution in [3.8, 4) is 5.75 Å². The minimum Gasteiger partial charge on any atom is -0.486 e. The molecule has 3 heteroatoms. The molecule has 0 aliphatic heterocycles. The minimum atomic E-state index is 0.109. The predicted molar refractivity (Wildman–Crippen MR) is 144 cm³/mol. The number of hydrogen-bond acceptors (Lipinski definition) is 3. The fourth-order valence-electron chi connectivity index (χ4n) is 4.77. The molecule has 0 fully saturated rings. The first-order valence-electron chi connectivity index (χ1n) is 13.0. The van der Waals surface area contributed by atoms with Crippen molar-refractivity contribution in [3.63, 3.8) is 0 Å². The lowest BCUT2D eigenvalue weighted by atomic mass is 9.87. The summed E-state index contributed by atoms with van der Waals surface area (Å²) in [7, 11) is 0. The Morgan fingerprint density at radius 3 is 2.11 bits per heavy atom. The summed E-state index contributed by atoms with van der Waals surface area (Å²) in [6, 6.07) is 14.3. The summed E-state index contributed by atoms with van der Waals surface area (Å²) in [6.45, 7) is 10.7. The summed E-state index contributed by atoms with van der Waals surface area (Å²) in [5.74, 6) is 1.97. The van der Waals surface area contributed by atoms with Gasteiger partial charge in [0.25, 0.3) is 0 Å². The summed E-state index contributed by atoms with van der Waals surface area (Å²) in [5.41, 5.74) is 7.40. The summed E-state index contributed by atoms with van der Waals surface area (Å²) in [5, 5.41) is 0. The van der Waals surface area contributed by atoms with Crippen molar-refractivity contribution < 1.29 is 14.3 Å². The predicted octanol–water partition coefficient (Wildman–Crippen LogP) is 7.64. The minimum absolute atomic E-state index is 0.109. The highest BCUT2D eigenvalue weighted by Crippen LogP contribution is 2.35. The number of aryl methyl sites for hydroxylation is 2. The third kappa shape index (κ3) is 7.78. The van der Waals surface area contributed by atoms with Crippen molar-refractivity contribution in [2.75, 3.05) is 6.61 Å². The summed E-state index contributed by atoms with van der Waals surface area (Å²) in [4.78, 5) is 25.1. The monoisotopic (exact) mass is 472 g/mol. The van der Waals surface area contributed by atoms with E-state index < -0.39 is 0 Å². The van der Waals surface area contributed by atoms with Gasteiger partial charge in [0.2, 0.25) is 0 Å². The fraction of sp³-hybridized carbons (Fsp3) is 0.438. The number of carbonyl (C=O) groups excluding carboxylic acids is 2. The van der Waals surface area contributed by atoms with E-state index in [1.165, 1.54) is 27.8 Å². The molecule has 0 aromatic heterocycles. The van der Waals surface area contributed by atoms with E-state index in [0.29, 0.717) is 31.1 Å². The van der Waals surface area contributed by atoms with Crippen molar-refractivity contribution in [3.05, 3.63) is 88.0 Å². The molecule has 2 aromatic carbocycles. The van der Waals surface area contributed by atoms with Gasteiger partial charge in [0.1, 0.15) is 18.1 Å². The van der Waals surface area contributed by atoms with E-state index in [2.05, 4.69) is 77.1 Å². The fourth-order valence-corrected chi connectivity index (χ4v) is 4.77. The maximum absolute atomic E-state index is 12.7. The quantitative estimate of drug-likeness (QED) is 0.301. The zero-order chi connectivity index (χ0) is 25.4. The number of rotatable bonds is 13. The molecule has 0 spiro atoms. The molecule has 0 saturated carbocycles. The van der Waals surface area contributed by atoms with Crippen LogP contribution in [0.4, 0.5) is 0 Å². The molecule has 186 valence electrons. The third-order valence-electron chi connectivity index (χ3n) is 7.04. The Bertz CT molecular complexity index is 1090. The van der Waals surface area contributed by atoms with Gasteiger partial charge >= 0.3 is 0 Å². The molecule has 0 N–H and O–H groups in total. The molecular weight excluding hydrogens is 432 g/mol. The molecule has 1 atom stereocenters. The highest BCUT2D eigenvalue weighted by Gasteiger charge is 2.22. The Hall–Kier alpha value is -2.94. The molecule has 1 aliphatic carbocycles. The lowest BCUT2D eigenvalue weighted by molar-refractivity contribution is -0.121. The van der Waals surface area contributed by atoms with Crippen LogP contribution in [0.2, 0.25) is 0 Å². The van der Waals surface area contributed by atoms with Crippen LogP contribution in [0.3, 0.4) is 0 Å². The summed E-state index contributed by atoms with van der Waals surface area (Å²) >= 11 is 0. The topological polar surface area (TPSA) is 43.4 Å². The molecule has 0 amide bonds. The Labute approximate surface area is 211 Å². The van der Waals surface area contributed by atoms with E-state index in [-0.39, 0.29) is 18.2 Å². The Kier molecular flexibility index (Phi) is 9.65. The van der Waals surface area contributed by atoms with Crippen molar-refractivity contribution in [2.24, 2.45) is 5.92 Å². The van der Waals surface area contributed by atoms with Crippen LogP contribution in [0.1, 0.15) is 81.0 Å². The number of benzene rings is 2. The molecule has 2 aromatic rings. The van der Waals surface area contributed by atoms with Gasteiger partial charge in [-0.2, -0.15) is 0 Å². The Morgan fingerprint density at radius 2 is 1.51 bits per heavy atom. The third-order valence-corrected chi connectivity index (χ3v) is 7.04. The average Bonchev–Trinajstić information content (AvgIpc) is 3.24. The van der Waals surface area contributed by atoms with Gasteiger partial charge in [-0.3, -0.25) is 9.59 Å². The van der Waals surface area contributed by atoms with Crippen LogP contribution < -0.4 is 4.74 Å². The second-order valence-corrected chi connectivity index (χ2v) is 10.1. The van der Waals surface area contributed by atoms with Gasteiger partial charge in [-0.1, -0.05) is 80.0 Å². The maximum atomic E-state index is 12.7. The van der Waals surface area contributed by atoms with E-state index in [4.69, 9.17) is 4.74 Å². The Morgan fingerprint density at radius 1 is 0.886 bits per heavy atom. The van der Waals surface area contributed by atoms with Gasteiger partial charge in [-0.25, -0.2) is 0 Å². The number of hydrogen-bond donors (Lipinski definition) is 0.